The Bertz CT molecular complexity index is 1900. The second-order valence-electron chi connectivity index (χ2n) is 9.78. The molecule has 0 radical (unpaired) electrons. The standard InChI is InChI=1S/C30H20BrN3O5S2/c31-18-8-11-20(12-9-18)34-27(36)24-23(21-6-3-13-39-21)26-29(40-25(24)28(34)37)33(30(38)41-26)15-22(35)32-19-10-7-16-4-1-2-5-17(16)14-19/h1-14,23-25H,15H2,(H,32,35)/t23-,24-,25+/m0/s1. The number of thiazole rings is 1. The van der Waals surface area contributed by atoms with Crippen molar-refractivity contribution in [2.75, 3.05) is 10.2 Å². The van der Waals surface area contributed by atoms with E-state index in [0.29, 0.717) is 27.0 Å². The first-order valence-electron chi connectivity index (χ1n) is 12.7. The number of hydrogen-bond donors (Lipinski definition) is 1. The highest BCUT2D eigenvalue weighted by Gasteiger charge is 2.57. The minimum absolute atomic E-state index is 0.231. The van der Waals surface area contributed by atoms with Gasteiger partial charge in [0.15, 0.2) is 0 Å². The zero-order valence-corrected chi connectivity index (χ0v) is 24.4. The number of aromatic nitrogens is 1. The van der Waals surface area contributed by atoms with Crippen molar-refractivity contribution in [2.24, 2.45) is 5.92 Å². The molecule has 0 unspecified atom stereocenters. The van der Waals surface area contributed by atoms with Crippen LogP contribution in [0, 0.1) is 5.92 Å². The summed E-state index contributed by atoms with van der Waals surface area (Å²) in [5.74, 6) is -1.97. The maximum Gasteiger partial charge on any atom is 0.308 e. The van der Waals surface area contributed by atoms with Gasteiger partial charge in [-0.3, -0.25) is 23.7 Å². The number of thioether (sulfide) groups is 1. The van der Waals surface area contributed by atoms with Crippen molar-refractivity contribution in [1.29, 1.82) is 0 Å². The maximum absolute atomic E-state index is 13.8. The second-order valence-corrected chi connectivity index (χ2v) is 12.8. The highest BCUT2D eigenvalue weighted by molar-refractivity contribution is 9.10. The molecule has 0 spiro atoms. The highest BCUT2D eigenvalue weighted by Crippen LogP contribution is 2.54. The number of amides is 3. The van der Waals surface area contributed by atoms with Gasteiger partial charge < -0.3 is 9.73 Å². The number of benzene rings is 3. The fourth-order valence-corrected chi connectivity index (χ4v) is 8.50. The van der Waals surface area contributed by atoms with E-state index in [1.807, 2.05) is 42.5 Å². The predicted molar refractivity (Wildman–Crippen MR) is 161 cm³/mol. The molecule has 1 N–H and O–H groups in total. The Morgan fingerprint density at radius 3 is 2.46 bits per heavy atom. The lowest BCUT2D eigenvalue weighted by Gasteiger charge is -2.29. The Hall–Kier alpha value is -3.93. The van der Waals surface area contributed by atoms with Crippen LogP contribution >= 0.6 is 39.0 Å². The molecule has 2 aromatic heterocycles. The van der Waals surface area contributed by atoms with Gasteiger partial charge in [-0.2, -0.15) is 0 Å². The van der Waals surface area contributed by atoms with E-state index in [1.54, 1.807) is 36.4 Å². The molecule has 41 heavy (non-hydrogen) atoms. The monoisotopic (exact) mass is 645 g/mol. The first kappa shape index (κ1) is 26.0. The third-order valence-electron chi connectivity index (χ3n) is 7.32. The Kier molecular flexibility index (Phi) is 6.44. The average Bonchev–Trinajstić information content (AvgIpc) is 3.66. The third-order valence-corrected chi connectivity index (χ3v) is 10.5. The number of nitrogens with one attached hydrogen (secondary N) is 1. The molecule has 3 atom stereocenters. The van der Waals surface area contributed by atoms with Crippen molar-refractivity contribution in [3.63, 3.8) is 0 Å². The molecular weight excluding hydrogens is 626 g/mol. The van der Waals surface area contributed by atoms with Gasteiger partial charge in [-0.05, 0) is 59.3 Å². The Morgan fingerprint density at radius 1 is 0.927 bits per heavy atom. The first-order valence-corrected chi connectivity index (χ1v) is 15.2. The minimum Gasteiger partial charge on any atom is -0.469 e. The lowest BCUT2D eigenvalue weighted by Crippen LogP contribution is -2.32. The van der Waals surface area contributed by atoms with Crippen LogP contribution in [0.3, 0.4) is 0 Å². The van der Waals surface area contributed by atoms with Gasteiger partial charge in [-0.15, -0.1) is 0 Å². The molecule has 1 fully saturated rings. The van der Waals surface area contributed by atoms with Crippen LogP contribution in [0.2, 0.25) is 0 Å². The zero-order chi connectivity index (χ0) is 28.2. The molecule has 0 bridgehead atoms. The molecule has 8 nitrogen and oxygen atoms in total. The van der Waals surface area contributed by atoms with Crippen LogP contribution in [0.5, 0.6) is 0 Å². The lowest BCUT2D eigenvalue weighted by molar-refractivity contribution is -0.122. The number of fused-ring (bicyclic) bond motifs is 3. The molecule has 0 saturated carbocycles. The van der Waals surface area contributed by atoms with Crippen LogP contribution in [-0.2, 0) is 20.9 Å². The molecule has 2 aliphatic rings. The van der Waals surface area contributed by atoms with E-state index in [0.717, 1.165) is 26.6 Å². The van der Waals surface area contributed by atoms with Gasteiger partial charge >= 0.3 is 4.87 Å². The van der Waals surface area contributed by atoms with Gasteiger partial charge in [0, 0.05) is 10.2 Å². The maximum atomic E-state index is 13.8. The van der Waals surface area contributed by atoms with Crippen LogP contribution in [0.15, 0.2) is 104 Å². The average molecular weight is 647 g/mol. The molecule has 4 heterocycles. The van der Waals surface area contributed by atoms with Crippen LogP contribution in [0.4, 0.5) is 11.4 Å². The van der Waals surface area contributed by atoms with Crippen LogP contribution < -0.4 is 15.1 Å². The van der Waals surface area contributed by atoms with E-state index in [4.69, 9.17) is 4.42 Å². The summed E-state index contributed by atoms with van der Waals surface area (Å²) in [6.07, 6.45) is 1.51. The van der Waals surface area contributed by atoms with Crippen molar-refractivity contribution in [3.8, 4) is 0 Å². The van der Waals surface area contributed by atoms with Gasteiger partial charge in [-0.25, -0.2) is 4.90 Å². The summed E-state index contributed by atoms with van der Waals surface area (Å²) in [5.41, 5.74) is 1.10. The molecule has 1 saturated heterocycles. The summed E-state index contributed by atoms with van der Waals surface area (Å²) in [6.45, 7) is -0.231. The van der Waals surface area contributed by atoms with Gasteiger partial charge in [0.2, 0.25) is 17.7 Å². The van der Waals surface area contributed by atoms with E-state index >= 15 is 0 Å². The fraction of sp³-hybridized carbons (Fsp3) is 0.133. The van der Waals surface area contributed by atoms with Crippen molar-refractivity contribution < 1.29 is 18.8 Å². The number of furan rings is 1. The predicted octanol–water partition coefficient (Wildman–Crippen LogP) is 5.85. The van der Waals surface area contributed by atoms with Crippen LogP contribution in [0.1, 0.15) is 16.6 Å². The Balaban J connectivity index is 1.23. The zero-order valence-electron chi connectivity index (χ0n) is 21.2. The number of carbonyl (C=O) groups excluding carboxylic acids is 3. The SMILES string of the molecule is O=C(Cn1c2c(sc1=O)[C@@H](c1ccco1)[C@@H]1C(=O)N(c3ccc(Br)cc3)C(=O)[C@@H]1S2)Nc1ccc2ccccc2c1. The number of halogens is 1. The van der Waals surface area contributed by atoms with E-state index in [1.165, 1.54) is 27.5 Å². The largest absolute Gasteiger partial charge is 0.469 e. The summed E-state index contributed by atoms with van der Waals surface area (Å²) in [7, 11) is 0. The summed E-state index contributed by atoms with van der Waals surface area (Å²) in [4.78, 5) is 55.4. The molecule has 5 aromatic rings. The van der Waals surface area contributed by atoms with E-state index in [9.17, 15) is 19.2 Å². The Morgan fingerprint density at radius 2 is 1.71 bits per heavy atom. The van der Waals surface area contributed by atoms with Crippen molar-refractivity contribution in [2.45, 2.75) is 22.7 Å². The number of anilines is 2. The van der Waals surface area contributed by atoms with Crippen molar-refractivity contribution in [1.82, 2.24) is 4.57 Å². The molecule has 11 heteroatoms. The molecule has 7 rings (SSSR count). The Labute approximate surface area is 250 Å². The van der Waals surface area contributed by atoms with E-state index in [-0.39, 0.29) is 29.1 Å². The fourth-order valence-electron chi connectivity index (χ4n) is 5.49. The number of hydrogen-bond acceptors (Lipinski definition) is 7. The summed E-state index contributed by atoms with van der Waals surface area (Å²) >= 11 is 5.55. The van der Waals surface area contributed by atoms with Crippen LogP contribution in [0.25, 0.3) is 10.8 Å². The molecule has 3 aromatic carbocycles. The highest BCUT2D eigenvalue weighted by atomic mass is 79.9. The van der Waals surface area contributed by atoms with Gasteiger partial charge in [0.1, 0.15) is 17.6 Å². The summed E-state index contributed by atoms with van der Waals surface area (Å²) in [6, 6.07) is 23.9. The first-order chi connectivity index (χ1) is 19.9. The molecule has 2 aliphatic heterocycles. The number of carbonyl (C=O) groups is 3. The number of nitrogens with zero attached hydrogens (tertiary/aromatic N) is 2. The second kappa shape index (κ2) is 10.2. The minimum atomic E-state index is -0.780. The smallest absolute Gasteiger partial charge is 0.308 e. The van der Waals surface area contributed by atoms with Gasteiger partial charge in [0.05, 0.1) is 33.7 Å². The molecule has 3 amide bonds. The van der Waals surface area contributed by atoms with E-state index in [2.05, 4.69) is 21.2 Å². The molecule has 204 valence electrons. The molecular formula is C30H20BrN3O5S2. The third kappa shape index (κ3) is 4.44. The number of rotatable bonds is 5. The normalized spacial score (nSPS) is 19.8. The van der Waals surface area contributed by atoms with Crippen LogP contribution in [-0.4, -0.2) is 27.5 Å². The quantitative estimate of drug-likeness (QED) is 0.241. The van der Waals surface area contributed by atoms with Crippen molar-refractivity contribution in [3.05, 3.63) is 110 Å². The summed E-state index contributed by atoms with van der Waals surface area (Å²) in [5, 5.41) is 4.65. The van der Waals surface area contributed by atoms with Gasteiger partial charge in [-0.1, -0.05) is 69.4 Å². The lowest BCUT2D eigenvalue weighted by atomic mass is 9.87. The van der Waals surface area contributed by atoms with Crippen molar-refractivity contribution >= 4 is 78.9 Å². The van der Waals surface area contributed by atoms with Gasteiger partial charge in [0.25, 0.3) is 0 Å². The van der Waals surface area contributed by atoms with E-state index < -0.39 is 17.1 Å². The summed E-state index contributed by atoms with van der Waals surface area (Å²) < 4.78 is 7.96. The topological polar surface area (TPSA) is 102 Å². The number of imide groups is 1. The molecule has 0 aliphatic carbocycles.